The molecule has 2 aromatic carbocycles. The third-order valence-electron chi connectivity index (χ3n) is 4.76. The van der Waals surface area contributed by atoms with Crippen molar-refractivity contribution in [3.63, 3.8) is 0 Å². The molecule has 3 rings (SSSR count). The van der Waals surface area contributed by atoms with Crippen molar-refractivity contribution in [2.75, 3.05) is 0 Å². The summed E-state index contributed by atoms with van der Waals surface area (Å²) in [7, 11) is 0. The van der Waals surface area contributed by atoms with E-state index in [0.717, 1.165) is 16.8 Å². The Morgan fingerprint density at radius 3 is 2.29 bits per heavy atom. The van der Waals surface area contributed by atoms with Gasteiger partial charge in [-0.25, -0.2) is 14.2 Å². The highest BCUT2D eigenvalue weighted by Crippen LogP contribution is 2.24. The van der Waals surface area contributed by atoms with E-state index >= 15 is 0 Å². The van der Waals surface area contributed by atoms with Crippen LogP contribution in [0.3, 0.4) is 0 Å². The molecule has 0 unspecified atom stereocenters. The number of hydrogen-bond acceptors (Lipinski definition) is 3. The minimum atomic E-state index is -0.972. The smallest absolute Gasteiger partial charge is 0.336 e. The fourth-order valence-corrected chi connectivity index (χ4v) is 3.22. The van der Waals surface area contributed by atoms with E-state index < -0.39 is 5.97 Å². The van der Waals surface area contributed by atoms with Gasteiger partial charge in [-0.2, -0.15) is 0 Å². The molecule has 0 radical (unpaired) electrons. The molecule has 0 saturated heterocycles. The second-order valence-corrected chi connectivity index (χ2v) is 6.51. The van der Waals surface area contributed by atoms with Crippen LogP contribution >= 0.6 is 0 Å². The molecule has 0 aliphatic rings. The molecule has 0 aliphatic carbocycles. The molecular formula is C22H22N2O4. The summed E-state index contributed by atoms with van der Waals surface area (Å²) in [5, 5.41) is 9.36. The molecule has 6 heteroatoms. The van der Waals surface area contributed by atoms with E-state index in [-0.39, 0.29) is 23.6 Å². The number of carboxylic acids is 1. The van der Waals surface area contributed by atoms with E-state index in [0.29, 0.717) is 18.5 Å². The van der Waals surface area contributed by atoms with E-state index in [1.54, 1.807) is 42.0 Å². The first-order chi connectivity index (χ1) is 13.5. The van der Waals surface area contributed by atoms with Gasteiger partial charge >= 0.3 is 11.7 Å². The first kappa shape index (κ1) is 19.4. The maximum Gasteiger partial charge on any atom is 0.336 e. The number of rotatable bonds is 6. The first-order valence-electron chi connectivity index (χ1n) is 9.22. The zero-order chi connectivity index (χ0) is 20.3. The molecule has 0 amide bonds. The summed E-state index contributed by atoms with van der Waals surface area (Å²) in [6.45, 7) is 4.02. The molecule has 28 heavy (non-hydrogen) atoms. The Morgan fingerprint density at radius 2 is 1.68 bits per heavy atom. The summed E-state index contributed by atoms with van der Waals surface area (Å²) < 4.78 is 2.78. The van der Waals surface area contributed by atoms with Crippen molar-refractivity contribution < 1.29 is 14.7 Å². The lowest BCUT2D eigenvalue weighted by Gasteiger charge is -2.09. The topological polar surface area (TPSA) is 81.3 Å². The molecule has 0 saturated carbocycles. The zero-order valence-electron chi connectivity index (χ0n) is 15.9. The van der Waals surface area contributed by atoms with Gasteiger partial charge in [0.1, 0.15) is 0 Å². The Kier molecular flexibility index (Phi) is 5.59. The number of aromatic nitrogens is 2. The van der Waals surface area contributed by atoms with Gasteiger partial charge in [-0.3, -0.25) is 9.36 Å². The lowest BCUT2D eigenvalue weighted by molar-refractivity contribution is 0.0697. The molecule has 1 heterocycles. The Hall–Kier alpha value is -3.41. The summed E-state index contributed by atoms with van der Waals surface area (Å²) in [5.41, 5.74) is 3.05. The molecule has 0 bridgehead atoms. The van der Waals surface area contributed by atoms with Gasteiger partial charge in [-0.1, -0.05) is 56.3 Å². The minimum Gasteiger partial charge on any atom is -0.478 e. The van der Waals surface area contributed by atoms with Crippen LogP contribution in [0.15, 0.2) is 59.5 Å². The predicted molar refractivity (Wildman–Crippen MR) is 107 cm³/mol. The van der Waals surface area contributed by atoms with Crippen molar-refractivity contribution >= 4 is 11.9 Å². The predicted octanol–water partition coefficient (Wildman–Crippen LogP) is 3.68. The summed E-state index contributed by atoms with van der Waals surface area (Å²) in [5.74, 6) is -1.19. The van der Waals surface area contributed by atoms with Gasteiger partial charge in [-0.15, -0.1) is 0 Å². The van der Waals surface area contributed by atoms with Gasteiger partial charge in [0.2, 0.25) is 5.91 Å². The molecule has 1 N–H and O–H groups in total. The third-order valence-corrected chi connectivity index (χ3v) is 4.76. The van der Waals surface area contributed by atoms with Crippen LogP contribution in [0.1, 0.15) is 46.7 Å². The van der Waals surface area contributed by atoms with Crippen LogP contribution in [0.25, 0.3) is 11.1 Å². The number of nitrogens with zero attached hydrogens (tertiary/aromatic N) is 2. The van der Waals surface area contributed by atoms with E-state index in [1.165, 1.54) is 4.57 Å². The summed E-state index contributed by atoms with van der Waals surface area (Å²) in [4.78, 5) is 36.0. The van der Waals surface area contributed by atoms with Crippen molar-refractivity contribution in [2.45, 2.75) is 33.2 Å². The number of aryl methyl sites for hydroxylation is 1. The number of aromatic carboxylic acids is 1. The van der Waals surface area contributed by atoms with Gasteiger partial charge in [0.15, 0.2) is 0 Å². The lowest BCUT2D eigenvalue weighted by atomic mass is 9.99. The number of carboxylic acid groups (broad SMARTS) is 1. The highest BCUT2D eigenvalue weighted by atomic mass is 16.4. The van der Waals surface area contributed by atoms with Crippen LogP contribution in [-0.4, -0.2) is 26.1 Å². The number of carbonyl (C=O) groups excluding carboxylic acids is 1. The third kappa shape index (κ3) is 3.67. The van der Waals surface area contributed by atoms with Gasteiger partial charge in [-0.05, 0) is 29.2 Å². The minimum absolute atomic E-state index is 0.223. The average Bonchev–Trinajstić information content (AvgIpc) is 3.03. The van der Waals surface area contributed by atoms with Crippen LogP contribution in [0.2, 0.25) is 0 Å². The summed E-state index contributed by atoms with van der Waals surface area (Å²) in [6.07, 6.45) is 2.53. The monoisotopic (exact) mass is 378 g/mol. The van der Waals surface area contributed by atoms with Gasteiger partial charge in [0, 0.05) is 18.3 Å². The van der Waals surface area contributed by atoms with Crippen LogP contribution < -0.4 is 5.69 Å². The molecule has 3 aromatic rings. The lowest BCUT2D eigenvalue weighted by Crippen LogP contribution is -2.29. The van der Waals surface area contributed by atoms with E-state index in [9.17, 15) is 19.5 Å². The molecule has 0 atom stereocenters. The molecule has 0 spiro atoms. The number of hydrogen-bond donors (Lipinski definition) is 1. The number of benzene rings is 2. The zero-order valence-corrected chi connectivity index (χ0v) is 15.9. The number of imidazole rings is 1. The normalized spacial score (nSPS) is 10.8. The molecule has 1 aromatic heterocycles. The Bertz CT molecular complexity index is 1070. The molecule has 0 aliphatic heterocycles. The second kappa shape index (κ2) is 8.08. The molecule has 0 fully saturated rings. The van der Waals surface area contributed by atoms with Crippen LogP contribution in [0.5, 0.6) is 0 Å². The Morgan fingerprint density at radius 1 is 1.00 bits per heavy atom. The summed E-state index contributed by atoms with van der Waals surface area (Å²) >= 11 is 0. The highest BCUT2D eigenvalue weighted by molar-refractivity contribution is 5.96. The SMILES string of the molecule is CCC(=O)n1cc(CC)n(Cc2ccc(-c3ccccc3C(=O)O)cc2)c1=O. The van der Waals surface area contributed by atoms with Gasteiger partial charge in [0.05, 0.1) is 12.1 Å². The van der Waals surface area contributed by atoms with Crippen molar-refractivity contribution in [3.8, 4) is 11.1 Å². The molecule has 144 valence electrons. The fraction of sp³-hybridized carbons (Fsp3) is 0.227. The van der Waals surface area contributed by atoms with Crippen molar-refractivity contribution in [1.29, 1.82) is 0 Å². The van der Waals surface area contributed by atoms with Crippen LogP contribution in [0, 0.1) is 0 Å². The standard InChI is InChI=1S/C22H22N2O4/c1-3-17-14-24(20(25)4-2)22(28)23(17)13-15-9-11-16(12-10-15)18-7-5-6-8-19(18)21(26)27/h5-12,14H,3-4,13H2,1-2H3,(H,26,27). The van der Waals surface area contributed by atoms with E-state index in [2.05, 4.69) is 0 Å². The largest absolute Gasteiger partial charge is 0.478 e. The fourth-order valence-electron chi connectivity index (χ4n) is 3.22. The average molecular weight is 378 g/mol. The van der Waals surface area contributed by atoms with Crippen molar-refractivity contribution in [3.05, 3.63) is 82.0 Å². The van der Waals surface area contributed by atoms with Gasteiger partial charge < -0.3 is 5.11 Å². The number of carbonyl (C=O) groups is 2. The summed E-state index contributed by atoms with van der Waals surface area (Å²) in [6, 6.07) is 14.3. The quantitative estimate of drug-likeness (QED) is 0.709. The van der Waals surface area contributed by atoms with Crippen LogP contribution in [-0.2, 0) is 13.0 Å². The molecule has 6 nitrogen and oxygen atoms in total. The first-order valence-corrected chi connectivity index (χ1v) is 9.22. The van der Waals surface area contributed by atoms with E-state index in [1.807, 2.05) is 31.2 Å². The maximum atomic E-state index is 12.6. The van der Waals surface area contributed by atoms with Gasteiger partial charge in [0.25, 0.3) is 0 Å². The Balaban J connectivity index is 1.92. The van der Waals surface area contributed by atoms with Crippen molar-refractivity contribution in [1.82, 2.24) is 9.13 Å². The van der Waals surface area contributed by atoms with Crippen LogP contribution in [0.4, 0.5) is 0 Å². The second-order valence-electron chi connectivity index (χ2n) is 6.51. The Labute approximate surface area is 162 Å². The van der Waals surface area contributed by atoms with E-state index in [4.69, 9.17) is 0 Å². The highest BCUT2D eigenvalue weighted by Gasteiger charge is 2.15. The maximum absolute atomic E-state index is 12.6. The molecular weight excluding hydrogens is 356 g/mol. The van der Waals surface area contributed by atoms with Crippen molar-refractivity contribution in [2.24, 2.45) is 0 Å².